The molecule has 6 aliphatic heterocycles. The summed E-state index contributed by atoms with van der Waals surface area (Å²) in [5, 5.41) is 29.7. The molecule has 12 aromatic rings. The highest BCUT2D eigenvalue weighted by molar-refractivity contribution is 7.19. The molecule has 6 aromatic heterocycles. The van der Waals surface area contributed by atoms with Gasteiger partial charge in [-0.3, -0.25) is 10.1 Å². The lowest BCUT2D eigenvalue weighted by molar-refractivity contribution is -0.384. The summed E-state index contributed by atoms with van der Waals surface area (Å²) in [6.07, 6.45) is 0. The van der Waals surface area contributed by atoms with Crippen LogP contribution in [0, 0.1) is 35.3 Å². The number of carbonyl (C=O) groups is 2. The zero-order chi connectivity index (χ0) is 82.7. The molecule has 6 aliphatic rings. The molecule has 13 nitrogen and oxygen atoms in total. The van der Waals surface area contributed by atoms with Crippen molar-refractivity contribution in [1.29, 1.82) is 5.26 Å². The molecule has 117 heavy (non-hydrogen) atoms. The summed E-state index contributed by atoms with van der Waals surface area (Å²) in [6.45, 7) is 22.4. The Bertz CT molecular complexity index is 5840. The molecule has 0 bridgehead atoms. The van der Waals surface area contributed by atoms with Gasteiger partial charge in [0.25, 0.3) is 5.69 Å². The van der Waals surface area contributed by atoms with E-state index in [0.29, 0.717) is 92.4 Å². The van der Waals surface area contributed by atoms with Gasteiger partial charge in [0.2, 0.25) is 0 Å². The molecule has 26 heteroatoms. The Hall–Kier alpha value is -10.2. The maximum Gasteiger partial charge on any atom is 0.339 e. The molecule has 18 rings (SSSR count). The number of thiophene rings is 6. The van der Waals surface area contributed by atoms with Crippen LogP contribution in [0.3, 0.4) is 0 Å². The molecule has 6 aromatic carbocycles. The van der Waals surface area contributed by atoms with Crippen molar-refractivity contribution in [2.45, 2.75) is 13.8 Å². The molecule has 0 saturated heterocycles. The molecule has 0 atom stereocenters. The van der Waals surface area contributed by atoms with Crippen molar-refractivity contribution >= 4 is 234 Å². The molecule has 0 amide bonds. The van der Waals surface area contributed by atoms with Crippen LogP contribution in [0.1, 0.15) is 79.3 Å². The number of non-ortho nitro benzene ring substituents is 1. The first-order valence-electron chi connectivity index (χ1n) is 35.4. The standard InChI is InChI=1S/C16H10ClNOS.C15H10Cl2OS.C15H10ClNO3S.3C15H11ClO2S/c1-10-16(12-4-2-11(8-18)3-5-12)13(9-19-10)14-6-7-15(17)20-14;1-9-15(10-2-4-11(16)5-3-10)12(8-18-9)13-6-7-14(17)19-13;1-9-15(10-2-4-11(5-3-10)17(18)19)12(8-20-9)13-6-7-14(16)21-13;1-9-15(10-2-4-11(17)5-3-10)12(8-18-9)13-6-7-14(16)19-13;1-9-2-4-10(5-3-9)14-11(8-18-15(14)17)12-6-7-13(16)19-12;1-9-3-2-4-10(7-9)14-11(8-18-15(14)17)12-5-6-13(16)19-12/h2-7H,1,9H2;2-7H,1,8H2;2-7H,1,8H2;2-7,17H,1,8H2;2*2-7H,8H2,1H3. The van der Waals surface area contributed by atoms with Gasteiger partial charge in [-0.25, -0.2) is 9.59 Å². The monoisotopic (exact) mass is 1800 g/mol. The number of rotatable bonds is 13. The Labute approximate surface area is 733 Å². The first-order chi connectivity index (χ1) is 56.3. The quantitative estimate of drug-likeness (QED) is 0.0657. The summed E-state index contributed by atoms with van der Waals surface area (Å²) in [7, 11) is 0. The van der Waals surface area contributed by atoms with E-state index in [1.165, 1.54) is 68.8 Å². The van der Waals surface area contributed by atoms with Crippen LogP contribution in [-0.4, -0.2) is 61.6 Å². The fourth-order valence-corrected chi connectivity index (χ4v) is 19.5. The summed E-state index contributed by atoms with van der Waals surface area (Å²) in [5.74, 6) is 2.31. The maximum absolute atomic E-state index is 12.0. The van der Waals surface area contributed by atoms with Gasteiger partial charge < -0.3 is 33.5 Å². The number of nitriles is 1. The topological polar surface area (TPSA) is 177 Å². The first kappa shape index (κ1) is 84.7. The summed E-state index contributed by atoms with van der Waals surface area (Å²) in [4.78, 5) is 40.5. The van der Waals surface area contributed by atoms with Crippen LogP contribution in [0.4, 0.5) is 5.69 Å². The van der Waals surface area contributed by atoms with Crippen molar-refractivity contribution in [3.05, 3.63) is 388 Å². The number of hydrogen-bond donors (Lipinski definition) is 1. The number of benzene rings is 6. The van der Waals surface area contributed by atoms with Crippen LogP contribution in [0.15, 0.2) is 268 Å². The molecule has 0 saturated carbocycles. The average Bonchev–Trinajstić information content (AvgIpc) is 1.69. The number of cyclic esters (lactones) is 2. The molecule has 588 valence electrons. The number of ether oxygens (including phenoxy) is 6. The molecule has 0 spiro atoms. The van der Waals surface area contributed by atoms with Crippen molar-refractivity contribution < 1.29 is 48.0 Å². The molecular formula is C91H63Cl7N2O11S6. The second kappa shape index (κ2) is 38.5. The minimum Gasteiger partial charge on any atom is -0.508 e. The van der Waals surface area contributed by atoms with Gasteiger partial charge in [0.05, 0.1) is 53.7 Å². The largest absolute Gasteiger partial charge is 0.508 e. The lowest BCUT2D eigenvalue weighted by atomic mass is 9.99. The SMILES string of the molecule is C=C1OCC(c2ccc(Cl)s2)=C1c1ccc(C#N)cc1.C=C1OCC(c2ccc(Cl)s2)=C1c1ccc(Cl)cc1.C=C1OCC(c2ccc(Cl)s2)=C1c1ccc(O)cc1.C=C1OCC(c2ccc(Cl)s2)=C1c1ccc([N+](=O)[O-])cc1.Cc1ccc(C2=C(c3ccc(Cl)s3)COC2=O)cc1.Cc1cccc(C2=C(c3ccc(Cl)s3)COC2=O)c1. The van der Waals surface area contributed by atoms with Crippen molar-refractivity contribution in [2.75, 3.05) is 39.6 Å². The van der Waals surface area contributed by atoms with E-state index >= 15 is 0 Å². The van der Waals surface area contributed by atoms with Crippen molar-refractivity contribution in [3.63, 3.8) is 0 Å². The third-order valence-corrected chi connectivity index (χ3v) is 26.4. The number of esters is 2. The first-order valence-corrected chi connectivity index (χ1v) is 42.9. The van der Waals surface area contributed by atoms with E-state index in [2.05, 4.69) is 32.4 Å². The summed E-state index contributed by atoms with van der Waals surface area (Å²) in [6, 6.07) is 69.4. The van der Waals surface area contributed by atoms with Gasteiger partial charge in [-0.2, -0.15) is 5.26 Å². The number of phenolic OH excluding ortho intramolecular Hbond substituents is 1. The Balaban J connectivity index is 0.000000122. The maximum atomic E-state index is 12.0. The van der Waals surface area contributed by atoms with Crippen LogP contribution < -0.4 is 0 Å². The predicted octanol–water partition coefficient (Wildman–Crippen LogP) is 27.9. The molecule has 12 heterocycles. The van der Waals surface area contributed by atoms with Crippen LogP contribution in [0.2, 0.25) is 31.0 Å². The van der Waals surface area contributed by atoms with Gasteiger partial charge in [0, 0.05) is 102 Å². The van der Waals surface area contributed by atoms with Crippen molar-refractivity contribution in [2.24, 2.45) is 0 Å². The third kappa shape index (κ3) is 20.5. The van der Waals surface area contributed by atoms with Gasteiger partial charge in [-0.15, -0.1) is 68.0 Å². The number of halogens is 7. The zero-order valence-corrected chi connectivity index (χ0v) is 72.1. The van der Waals surface area contributed by atoms with Gasteiger partial charge >= 0.3 is 11.9 Å². The van der Waals surface area contributed by atoms with Crippen LogP contribution >= 0.6 is 149 Å². The molecule has 0 radical (unpaired) electrons. The molecule has 0 aliphatic carbocycles. The number of nitrogens with zero attached hydrogens (tertiary/aromatic N) is 2. The van der Waals surface area contributed by atoms with Crippen molar-refractivity contribution in [3.8, 4) is 11.8 Å². The van der Waals surface area contributed by atoms with E-state index in [1.54, 1.807) is 47.7 Å². The van der Waals surface area contributed by atoms with Crippen LogP contribution in [0.25, 0.3) is 66.9 Å². The van der Waals surface area contributed by atoms with Crippen LogP contribution in [-0.2, 0) is 38.0 Å². The van der Waals surface area contributed by atoms with Gasteiger partial charge in [-0.1, -0.05) is 204 Å². The average molecular weight is 1800 g/mol. The highest BCUT2D eigenvalue weighted by Crippen LogP contribution is 2.47. The van der Waals surface area contributed by atoms with E-state index in [-0.39, 0.29) is 23.4 Å². The van der Waals surface area contributed by atoms with Crippen LogP contribution in [0.5, 0.6) is 5.75 Å². The summed E-state index contributed by atoms with van der Waals surface area (Å²) < 4.78 is 37.0. The third-order valence-electron chi connectivity index (χ3n) is 18.4. The van der Waals surface area contributed by atoms with Gasteiger partial charge in [0.15, 0.2) is 0 Å². The van der Waals surface area contributed by atoms with E-state index in [9.17, 15) is 24.8 Å². The minimum atomic E-state index is -0.419. The number of nitro benzene ring substituents is 1. The minimum absolute atomic E-state index is 0.0598. The Morgan fingerprint density at radius 2 is 0.641 bits per heavy atom. The highest BCUT2D eigenvalue weighted by Gasteiger charge is 2.32. The van der Waals surface area contributed by atoms with Gasteiger partial charge in [0.1, 0.15) is 68.4 Å². The second-order valence-corrected chi connectivity index (χ2v) is 36.8. The number of nitro groups is 1. The van der Waals surface area contributed by atoms with Crippen molar-refractivity contribution in [1.82, 2.24) is 0 Å². The highest BCUT2D eigenvalue weighted by atomic mass is 35.5. The number of phenols is 1. The van der Waals surface area contributed by atoms with E-state index < -0.39 is 4.92 Å². The van der Waals surface area contributed by atoms with E-state index in [1.807, 2.05) is 184 Å². The number of aryl methyl sites for hydroxylation is 2. The zero-order valence-electron chi connectivity index (χ0n) is 61.9. The predicted molar refractivity (Wildman–Crippen MR) is 485 cm³/mol. The normalized spacial score (nSPS) is 14.7. The Morgan fingerprint density at radius 1 is 0.359 bits per heavy atom. The smallest absolute Gasteiger partial charge is 0.339 e. The fraction of sp³-hybridized carbons (Fsp3) is 0.0879. The van der Waals surface area contributed by atoms with E-state index in [4.69, 9.17) is 115 Å². The number of aromatic hydroxyl groups is 1. The molecule has 1 N–H and O–H groups in total. The Kier molecular flexibility index (Phi) is 27.8. The van der Waals surface area contributed by atoms with E-state index in [0.717, 1.165) is 148 Å². The lowest BCUT2D eigenvalue weighted by Gasteiger charge is -2.05. The number of allylic oxidation sites excluding steroid dienone is 4. The lowest BCUT2D eigenvalue weighted by Crippen LogP contribution is -1.98. The number of hydrogen-bond acceptors (Lipinski definition) is 18. The summed E-state index contributed by atoms with van der Waals surface area (Å²) >= 11 is 50.8. The Morgan fingerprint density at radius 3 is 0.949 bits per heavy atom. The van der Waals surface area contributed by atoms with Gasteiger partial charge in [-0.05, 0) is 169 Å². The molecule has 0 unspecified atom stereocenters. The second-order valence-electron chi connectivity index (χ2n) is 26.0. The summed E-state index contributed by atoms with van der Waals surface area (Å²) in [5.41, 5.74) is 20.0. The fourth-order valence-electron chi connectivity index (χ4n) is 12.9. The number of carbonyl (C=O) groups excluding carboxylic acids is 2. The molecule has 0 fully saturated rings. The molecular weight excluding hydrogens is 1740 g/mol.